The Kier molecular flexibility index (Phi) is 4.85. The third kappa shape index (κ3) is 3.09. The molecule has 26 heavy (non-hydrogen) atoms. The van der Waals surface area contributed by atoms with E-state index in [4.69, 9.17) is 0 Å². The van der Waals surface area contributed by atoms with Gasteiger partial charge in [0.25, 0.3) is 0 Å². The summed E-state index contributed by atoms with van der Waals surface area (Å²) < 4.78 is 0. The summed E-state index contributed by atoms with van der Waals surface area (Å²) in [5.74, 6) is 1.10. The van der Waals surface area contributed by atoms with E-state index in [1.54, 1.807) is 0 Å². The highest BCUT2D eigenvalue weighted by molar-refractivity contribution is 5.82. The maximum atomic E-state index is 13.3. The SMILES string of the molecule is CCN(C(=O)C(C)N1CC2CC2(c2ccc(C)cc2)C1)C1CCCCC1. The smallest absolute Gasteiger partial charge is 0.239 e. The Hall–Kier alpha value is -1.35. The van der Waals surface area contributed by atoms with Gasteiger partial charge < -0.3 is 4.90 Å². The minimum absolute atomic E-state index is 0.0204. The van der Waals surface area contributed by atoms with Crippen molar-refractivity contribution in [2.24, 2.45) is 5.92 Å². The van der Waals surface area contributed by atoms with E-state index in [0.717, 1.165) is 25.6 Å². The highest BCUT2D eigenvalue weighted by Gasteiger charge is 2.61. The van der Waals surface area contributed by atoms with Crippen molar-refractivity contribution in [3.63, 3.8) is 0 Å². The Morgan fingerprint density at radius 2 is 1.92 bits per heavy atom. The Bertz CT molecular complexity index is 649. The summed E-state index contributed by atoms with van der Waals surface area (Å²) in [4.78, 5) is 17.9. The van der Waals surface area contributed by atoms with Crippen LogP contribution in [0.15, 0.2) is 24.3 Å². The van der Waals surface area contributed by atoms with Gasteiger partial charge in [-0.3, -0.25) is 9.69 Å². The highest BCUT2D eigenvalue weighted by atomic mass is 16.2. The molecular formula is C23H34N2O. The van der Waals surface area contributed by atoms with Crippen LogP contribution in [0, 0.1) is 12.8 Å². The van der Waals surface area contributed by atoms with E-state index in [9.17, 15) is 4.79 Å². The molecule has 3 heteroatoms. The van der Waals surface area contributed by atoms with Gasteiger partial charge in [0.2, 0.25) is 5.91 Å². The fourth-order valence-corrected chi connectivity index (χ4v) is 5.53. The maximum absolute atomic E-state index is 13.3. The number of likely N-dealkylation sites (tertiary alicyclic amines) is 1. The van der Waals surface area contributed by atoms with Gasteiger partial charge in [-0.25, -0.2) is 0 Å². The minimum Gasteiger partial charge on any atom is -0.339 e. The molecule has 3 nitrogen and oxygen atoms in total. The third-order valence-corrected chi connectivity index (χ3v) is 7.34. The van der Waals surface area contributed by atoms with E-state index >= 15 is 0 Å². The van der Waals surface area contributed by atoms with Crippen LogP contribution >= 0.6 is 0 Å². The van der Waals surface area contributed by atoms with Crippen molar-refractivity contribution in [2.75, 3.05) is 19.6 Å². The standard InChI is InChI=1S/C23H34N2O/c1-4-25(21-8-6-5-7-9-21)22(26)18(3)24-15-20-14-23(20,16-24)19-12-10-17(2)11-13-19/h10-13,18,20-21H,4-9,14-16H2,1-3H3. The van der Waals surface area contributed by atoms with Crippen LogP contribution in [0.2, 0.25) is 0 Å². The van der Waals surface area contributed by atoms with Gasteiger partial charge >= 0.3 is 0 Å². The zero-order chi connectivity index (χ0) is 18.3. The molecule has 2 saturated carbocycles. The van der Waals surface area contributed by atoms with Gasteiger partial charge in [0.05, 0.1) is 6.04 Å². The molecule has 3 aliphatic rings. The van der Waals surface area contributed by atoms with Gasteiger partial charge in [0, 0.05) is 31.1 Å². The van der Waals surface area contributed by atoms with Crippen LogP contribution in [0.1, 0.15) is 63.5 Å². The molecule has 0 radical (unpaired) electrons. The lowest BCUT2D eigenvalue weighted by atomic mass is 9.93. The molecular weight excluding hydrogens is 320 g/mol. The fraction of sp³-hybridized carbons (Fsp3) is 0.696. The summed E-state index contributed by atoms with van der Waals surface area (Å²) in [5, 5.41) is 0. The molecule has 142 valence electrons. The van der Waals surface area contributed by atoms with E-state index in [0.29, 0.717) is 17.4 Å². The molecule has 1 aromatic rings. The molecule has 1 saturated heterocycles. The van der Waals surface area contributed by atoms with Crippen LogP contribution in [0.3, 0.4) is 0 Å². The monoisotopic (exact) mass is 354 g/mol. The number of nitrogens with zero attached hydrogens (tertiary/aromatic N) is 2. The van der Waals surface area contributed by atoms with E-state index in [2.05, 4.69) is 54.8 Å². The topological polar surface area (TPSA) is 23.6 Å². The summed E-state index contributed by atoms with van der Waals surface area (Å²) in [6.07, 6.45) is 7.60. The number of fused-ring (bicyclic) bond motifs is 1. The number of hydrogen-bond acceptors (Lipinski definition) is 2. The number of piperidine rings is 1. The van der Waals surface area contributed by atoms with Crippen molar-refractivity contribution in [2.45, 2.75) is 76.8 Å². The molecule has 2 aliphatic carbocycles. The van der Waals surface area contributed by atoms with E-state index in [1.165, 1.54) is 49.7 Å². The van der Waals surface area contributed by atoms with E-state index in [-0.39, 0.29) is 6.04 Å². The minimum atomic E-state index is 0.0204. The largest absolute Gasteiger partial charge is 0.339 e. The number of carbonyl (C=O) groups excluding carboxylic acids is 1. The zero-order valence-corrected chi connectivity index (χ0v) is 16.7. The quantitative estimate of drug-likeness (QED) is 0.793. The van der Waals surface area contributed by atoms with Crippen molar-refractivity contribution in [3.8, 4) is 0 Å². The number of carbonyl (C=O) groups is 1. The second-order valence-corrected chi connectivity index (χ2v) is 8.94. The van der Waals surface area contributed by atoms with Crippen molar-refractivity contribution in [1.29, 1.82) is 0 Å². The molecule has 0 spiro atoms. The Morgan fingerprint density at radius 1 is 1.23 bits per heavy atom. The fourth-order valence-electron chi connectivity index (χ4n) is 5.53. The number of hydrogen-bond donors (Lipinski definition) is 0. The molecule has 1 aliphatic heterocycles. The number of aryl methyl sites for hydroxylation is 1. The van der Waals surface area contributed by atoms with Gasteiger partial charge in [0.1, 0.15) is 0 Å². The zero-order valence-electron chi connectivity index (χ0n) is 16.7. The van der Waals surface area contributed by atoms with Crippen LogP contribution in [0.4, 0.5) is 0 Å². The summed E-state index contributed by atoms with van der Waals surface area (Å²) in [7, 11) is 0. The lowest BCUT2D eigenvalue weighted by Gasteiger charge is -2.37. The molecule has 0 aromatic heterocycles. The summed E-state index contributed by atoms with van der Waals surface area (Å²) in [6.45, 7) is 9.43. The van der Waals surface area contributed by atoms with E-state index in [1.807, 2.05) is 0 Å². The number of amides is 1. The average Bonchev–Trinajstić information content (AvgIpc) is 3.24. The van der Waals surface area contributed by atoms with Gasteiger partial charge in [-0.2, -0.15) is 0 Å². The molecule has 3 unspecified atom stereocenters. The predicted molar refractivity (Wildman–Crippen MR) is 106 cm³/mol. The normalized spacial score (nSPS) is 30.0. The Balaban J connectivity index is 1.43. The van der Waals surface area contributed by atoms with Gasteiger partial charge in [-0.15, -0.1) is 0 Å². The van der Waals surface area contributed by atoms with Crippen LogP contribution in [0.25, 0.3) is 0 Å². The lowest BCUT2D eigenvalue weighted by molar-refractivity contribution is -0.139. The number of rotatable bonds is 5. The molecule has 1 aromatic carbocycles. The van der Waals surface area contributed by atoms with Crippen LogP contribution in [0.5, 0.6) is 0 Å². The van der Waals surface area contributed by atoms with Crippen molar-refractivity contribution < 1.29 is 4.79 Å². The third-order valence-electron chi connectivity index (χ3n) is 7.34. The van der Waals surface area contributed by atoms with E-state index < -0.39 is 0 Å². The summed E-state index contributed by atoms with van der Waals surface area (Å²) in [5.41, 5.74) is 3.13. The lowest BCUT2D eigenvalue weighted by Crippen LogP contribution is -2.51. The first-order valence-corrected chi connectivity index (χ1v) is 10.7. The van der Waals surface area contributed by atoms with Gasteiger partial charge in [0.15, 0.2) is 0 Å². The molecule has 0 N–H and O–H groups in total. The molecule has 4 rings (SSSR count). The molecule has 1 heterocycles. The summed E-state index contributed by atoms with van der Waals surface area (Å²) in [6, 6.07) is 9.59. The molecule has 3 atom stereocenters. The van der Waals surface area contributed by atoms with Crippen molar-refractivity contribution >= 4 is 5.91 Å². The first-order valence-electron chi connectivity index (χ1n) is 10.7. The second-order valence-electron chi connectivity index (χ2n) is 8.94. The van der Waals surface area contributed by atoms with Gasteiger partial charge in [-0.1, -0.05) is 49.1 Å². The maximum Gasteiger partial charge on any atom is 0.239 e. The van der Waals surface area contributed by atoms with Gasteiger partial charge in [-0.05, 0) is 51.5 Å². The van der Waals surface area contributed by atoms with Crippen LogP contribution < -0.4 is 0 Å². The molecule has 0 bridgehead atoms. The first-order chi connectivity index (χ1) is 12.5. The first kappa shape index (κ1) is 18.0. The van der Waals surface area contributed by atoms with Crippen molar-refractivity contribution in [1.82, 2.24) is 9.80 Å². The Morgan fingerprint density at radius 3 is 2.58 bits per heavy atom. The average molecular weight is 355 g/mol. The second kappa shape index (κ2) is 6.99. The summed E-state index contributed by atoms with van der Waals surface area (Å²) >= 11 is 0. The van der Waals surface area contributed by atoms with Crippen LogP contribution in [-0.2, 0) is 10.2 Å². The van der Waals surface area contributed by atoms with Crippen LogP contribution in [-0.4, -0.2) is 47.4 Å². The highest BCUT2D eigenvalue weighted by Crippen LogP contribution is 2.59. The Labute approximate surface area is 158 Å². The predicted octanol–water partition coefficient (Wildman–Crippen LogP) is 4.14. The molecule has 3 fully saturated rings. The number of likely N-dealkylation sites (N-methyl/N-ethyl adjacent to an activating group) is 1. The van der Waals surface area contributed by atoms with Crippen molar-refractivity contribution in [3.05, 3.63) is 35.4 Å². The number of benzene rings is 1. The molecule has 1 amide bonds.